The number of benzene rings is 1. The average molecular weight is 393 g/mol. The Hall–Kier alpha value is -2.55. The normalized spacial score (nSPS) is 16.5. The zero-order valence-corrected chi connectivity index (χ0v) is 16.7. The van der Waals surface area contributed by atoms with Crippen LogP contribution in [0.4, 0.5) is 5.82 Å². The van der Waals surface area contributed by atoms with Crippen LogP contribution < -0.4 is 25.1 Å². The number of H-pyrrole nitrogens is 1. The summed E-state index contributed by atoms with van der Waals surface area (Å²) in [4.78, 5) is 25.0. The second-order valence-electron chi connectivity index (χ2n) is 6.36. The highest BCUT2D eigenvalue weighted by Gasteiger charge is 2.32. The summed E-state index contributed by atoms with van der Waals surface area (Å²) in [5, 5.41) is 5.32. The first-order valence-electron chi connectivity index (χ1n) is 8.47. The van der Waals surface area contributed by atoms with Crippen LogP contribution in [0.25, 0.3) is 0 Å². The SMILES string of the molecule is COc1cc(C2SCC(=O)Nc3c2c(=O)[nH]n3C(C)C)cc(OC)c1OC. The Bertz CT molecular complexity index is 893. The molecule has 9 heteroatoms. The maximum atomic E-state index is 12.7. The van der Waals surface area contributed by atoms with E-state index in [2.05, 4.69) is 10.4 Å². The van der Waals surface area contributed by atoms with Crippen molar-refractivity contribution in [1.29, 1.82) is 0 Å². The van der Waals surface area contributed by atoms with Crippen molar-refractivity contribution in [3.63, 3.8) is 0 Å². The number of thioether (sulfide) groups is 1. The van der Waals surface area contributed by atoms with Crippen LogP contribution in [0.5, 0.6) is 17.2 Å². The number of nitrogens with one attached hydrogen (secondary N) is 2. The Morgan fingerprint density at radius 1 is 1.11 bits per heavy atom. The molecule has 1 aromatic carbocycles. The summed E-state index contributed by atoms with van der Waals surface area (Å²) < 4.78 is 17.9. The number of methoxy groups -OCH3 is 3. The molecule has 3 rings (SSSR count). The van der Waals surface area contributed by atoms with Gasteiger partial charge in [-0.15, -0.1) is 11.8 Å². The minimum absolute atomic E-state index is 0.00885. The molecule has 0 saturated carbocycles. The number of carbonyl (C=O) groups is 1. The number of aromatic amines is 1. The number of ether oxygens (including phenoxy) is 3. The first-order valence-corrected chi connectivity index (χ1v) is 9.51. The molecule has 1 aliphatic rings. The second-order valence-corrected chi connectivity index (χ2v) is 7.46. The van der Waals surface area contributed by atoms with Gasteiger partial charge in [-0.1, -0.05) is 0 Å². The van der Waals surface area contributed by atoms with Gasteiger partial charge in [0.1, 0.15) is 5.82 Å². The van der Waals surface area contributed by atoms with Crippen molar-refractivity contribution in [2.75, 3.05) is 32.4 Å². The van der Waals surface area contributed by atoms with E-state index >= 15 is 0 Å². The van der Waals surface area contributed by atoms with Crippen LogP contribution in [0.15, 0.2) is 16.9 Å². The predicted octanol–water partition coefficient (Wildman–Crippen LogP) is 2.56. The van der Waals surface area contributed by atoms with Crippen molar-refractivity contribution in [1.82, 2.24) is 9.78 Å². The lowest BCUT2D eigenvalue weighted by atomic mass is 10.0. The largest absolute Gasteiger partial charge is 0.493 e. The molecule has 0 aliphatic carbocycles. The van der Waals surface area contributed by atoms with E-state index in [-0.39, 0.29) is 28.5 Å². The van der Waals surface area contributed by atoms with Gasteiger partial charge in [-0.05, 0) is 31.5 Å². The molecule has 1 aliphatic heterocycles. The van der Waals surface area contributed by atoms with Gasteiger partial charge in [-0.2, -0.15) is 0 Å². The Kier molecular flexibility index (Phi) is 5.41. The third kappa shape index (κ3) is 3.39. The number of hydrogen-bond acceptors (Lipinski definition) is 6. The molecule has 1 unspecified atom stereocenters. The lowest BCUT2D eigenvalue weighted by Crippen LogP contribution is -2.17. The lowest BCUT2D eigenvalue weighted by Gasteiger charge is -2.19. The first kappa shape index (κ1) is 19.2. The van der Waals surface area contributed by atoms with Gasteiger partial charge < -0.3 is 19.5 Å². The van der Waals surface area contributed by atoms with E-state index in [4.69, 9.17) is 14.2 Å². The molecule has 0 radical (unpaired) electrons. The third-order valence-corrected chi connectivity index (χ3v) is 5.64. The molecule has 1 amide bonds. The fourth-order valence-electron chi connectivity index (χ4n) is 3.15. The van der Waals surface area contributed by atoms with Crippen molar-refractivity contribution < 1.29 is 19.0 Å². The van der Waals surface area contributed by atoms with Gasteiger partial charge in [-0.3, -0.25) is 19.4 Å². The predicted molar refractivity (Wildman–Crippen MR) is 104 cm³/mol. The number of nitrogens with zero attached hydrogens (tertiary/aromatic N) is 1. The fraction of sp³-hybridized carbons (Fsp3) is 0.444. The summed E-state index contributed by atoms with van der Waals surface area (Å²) >= 11 is 1.38. The summed E-state index contributed by atoms with van der Waals surface area (Å²) in [6, 6.07) is 3.61. The van der Waals surface area contributed by atoms with Gasteiger partial charge in [0.2, 0.25) is 11.7 Å². The fourth-order valence-corrected chi connectivity index (χ4v) is 4.25. The molecular formula is C18H23N3O5S. The number of anilines is 1. The maximum Gasteiger partial charge on any atom is 0.270 e. The molecule has 1 atom stereocenters. The van der Waals surface area contributed by atoms with Crippen molar-refractivity contribution >= 4 is 23.5 Å². The molecule has 0 saturated heterocycles. The third-order valence-electron chi connectivity index (χ3n) is 4.37. The summed E-state index contributed by atoms with van der Waals surface area (Å²) in [6.07, 6.45) is 0. The van der Waals surface area contributed by atoms with Gasteiger partial charge in [0.05, 0.1) is 37.9 Å². The maximum absolute atomic E-state index is 12.7. The van der Waals surface area contributed by atoms with Crippen LogP contribution in [0, 0.1) is 0 Å². The second kappa shape index (κ2) is 7.59. The van der Waals surface area contributed by atoms with Gasteiger partial charge in [0, 0.05) is 6.04 Å². The van der Waals surface area contributed by atoms with Gasteiger partial charge >= 0.3 is 0 Å². The molecule has 8 nitrogen and oxygen atoms in total. The van der Waals surface area contributed by atoms with E-state index in [1.165, 1.54) is 18.9 Å². The van der Waals surface area contributed by atoms with Gasteiger partial charge in [0.15, 0.2) is 11.5 Å². The number of carbonyl (C=O) groups excluding carboxylic acids is 1. The van der Waals surface area contributed by atoms with E-state index < -0.39 is 0 Å². The standard InChI is InChI=1S/C18H23N3O5S/c1-9(2)21-17-14(18(23)20-21)16(27-8-13(22)19-17)10-6-11(24-3)15(26-5)12(7-10)25-4/h6-7,9,16H,8H2,1-5H3,(H,19,22)(H,20,23). The minimum atomic E-state index is -0.364. The molecule has 2 N–H and O–H groups in total. The quantitative estimate of drug-likeness (QED) is 0.811. The number of fused-ring (bicyclic) bond motifs is 1. The molecular weight excluding hydrogens is 370 g/mol. The summed E-state index contributed by atoms with van der Waals surface area (Å²) in [6.45, 7) is 3.88. The van der Waals surface area contributed by atoms with Crippen LogP contribution in [-0.4, -0.2) is 42.8 Å². The molecule has 1 aromatic heterocycles. The first-order chi connectivity index (χ1) is 12.9. The van der Waals surface area contributed by atoms with Gasteiger partial charge in [-0.25, -0.2) is 0 Å². The zero-order valence-electron chi connectivity index (χ0n) is 15.9. The van der Waals surface area contributed by atoms with E-state index in [0.717, 1.165) is 5.56 Å². The highest BCUT2D eigenvalue weighted by atomic mass is 32.2. The number of amides is 1. The van der Waals surface area contributed by atoms with Crippen molar-refractivity contribution in [3.05, 3.63) is 33.6 Å². The highest BCUT2D eigenvalue weighted by molar-refractivity contribution is 8.00. The summed E-state index contributed by atoms with van der Waals surface area (Å²) in [7, 11) is 4.62. The average Bonchev–Trinajstić information content (AvgIpc) is 2.86. The van der Waals surface area contributed by atoms with Crippen LogP contribution >= 0.6 is 11.8 Å². The smallest absolute Gasteiger partial charge is 0.270 e. The molecule has 0 bridgehead atoms. The monoisotopic (exact) mass is 393 g/mol. The molecule has 0 spiro atoms. The van der Waals surface area contributed by atoms with Crippen LogP contribution in [0.2, 0.25) is 0 Å². The van der Waals surface area contributed by atoms with Crippen LogP contribution in [0.1, 0.15) is 36.3 Å². The molecule has 146 valence electrons. The van der Waals surface area contributed by atoms with E-state index in [1.807, 2.05) is 26.0 Å². The Morgan fingerprint density at radius 3 is 2.26 bits per heavy atom. The Morgan fingerprint density at radius 2 is 1.74 bits per heavy atom. The highest BCUT2D eigenvalue weighted by Crippen LogP contribution is 2.46. The van der Waals surface area contributed by atoms with Crippen LogP contribution in [0.3, 0.4) is 0 Å². The molecule has 2 heterocycles. The van der Waals surface area contributed by atoms with Crippen molar-refractivity contribution in [2.24, 2.45) is 0 Å². The molecule has 27 heavy (non-hydrogen) atoms. The van der Waals surface area contributed by atoms with Gasteiger partial charge in [0.25, 0.3) is 5.56 Å². The lowest BCUT2D eigenvalue weighted by molar-refractivity contribution is -0.113. The topological polar surface area (TPSA) is 94.6 Å². The van der Waals surface area contributed by atoms with Crippen molar-refractivity contribution in [2.45, 2.75) is 25.1 Å². The van der Waals surface area contributed by atoms with Crippen molar-refractivity contribution in [3.8, 4) is 17.2 Å². The van der Waals surface area contributed by atoms with E-state index in [0.29, 0.717) is 28.6 Å². The summed E-state index contributed by atoms with van der Waals surface area (Å²) in [5.41, 5.74) is 1.07. The number of rotatable bonds is 5. The Labute approximate surface area is 161 Å². The number of aromatic nitrogens is 2. The minimum Gasteiger partial charge on any atom is -0.493 e. The van der Waals surface area contributed by atoms with Crippen LogP contribution in [-0.2, 0) is 4.79 Å². The number of hydrogen-bond donors (Lipinski definition) is 2. The zero-order chi connectivity index (χ0) is 19.7. The summed E-state index contributed by atoms with van der Waals surface area (Å²) in [5.74, 6) is 2.06. The van der Waals surface area contributed by atoms with E-state index in [9.17, 15) is 9.59 Å². The molecule has 0 fully saturated rings. The molecule has 2 aromatic rings. The Balaban J connectivity index is 2.21. The van der Waals surface area contributed by atoms with E-state index in [1.54, 1.807) is 18.9 Å².